The minimum Gasteiger partial charge on any atom is -0.478 e. The van der Waals surface area contributed by atoms with Gasteiger partial charge in [0.2, 0.25) is 9.84 Å². The summed E-state index contributed by atoms with van der Waals surface area (Å²) in [7, 11) is -2.31. The zero-order valence-electron chi connectivity index (χ0n) is 15.0. The van der Waals surface area contributed by atoms with Crippen LogP contribution in [0.15, 0.2) is 46.2 Å². The SMILES string of the molecule is COC(=O)c1ccc(S(=O)(=O)c2ccc(C(=O)OC)c(C(=O)O)c2)cc1C(=O)O. The first-order valence-corrected chi connectivity index (χ1v) is 9.19. The normalized spacial score (nSPS) is 10.8. The lowest BCUT2D eigenvalue weighted by Crippen LogP contribution is -2.14. The smallest absolute Gasteiger partial charge is 0.338 e. The monoisotopic (exact) mass is 422 g/mol. The average Bonchev–Trinajstić information content (AvgIpc) is 2.71. The third kappa shape index (κ3) is 4.09. The van der Waals surface area contributed by atoms with Crippen LogP contribution in [-0.2, 0) is 19.3 Å². The molecule has 29 heavy (non-hydrogen) atoms. The molecule has 0 spiro atoms. The molecule has 2 aromatic carbocycles. The van der Waals surface area contributed by atoms with Gasteiger partial charge in [0, 0.05) is 0 Å². The number of carboxylic acids is 2. The van der Waals surface area contributed by atoms with Gasteiger partial charge >= 0.3 is 23.9 Å². The molecular weight excluding hydrogens is 408 g/mol. The van der Waals surface area contributed by atoms with Gasteiger partial charge in [-0.2, -0.15) is 0 Å². The fraction of sp³-hybridized carbons (Fsp3) is 0.111. The number of aromatic carboxylic acids is 2. The molecule has 0 unspecified atom stereocenters. The van der Waals surface area contributed by atoms with Crippen LogP contribution in [0, 0.1) is 0 Å². The lowest BCUT2D eigenvalue weighted by molar-refractivity contribution is 0.0579. The molecule has 2 rings (SSSR count). The highest BCUT2D eigenvalue weighted by Crippen LogP contribution is 2.26. The molecular formula is C18H14O10S. The molecule has 0 aromatic heterocycles. The summed E-state index contributed by atoms with van der Waals surface area (Å²) in [6, 6.07) is 5.45. The Hall–Kier alpha value is -3.73. The Balaban J connectivity index is 2.67. The fourth-order valence-electron chi connectivity index (χ4n) is 2.45. The second kappa shape index (κ2) is 8.10. The first-order chi connectivity index (χ1) is 13.5. The van der Waals surface area contributed by atoms with Gasteiger partial charge in [0.15, 0.2) is 0 Å². The number of hydrogen-bond donors (Lipinski definition) is 2. The molecule has 0 atom stereocenters. The molecule has 0 aliphatic carbocycles. The van der Waals surface area contributed by atoms with E-state index in [1.807, 2.05) is 0 Å². The van der Waals surface area contributed by atoms with E-state index in [0.29, 0.717) is 0 Å². The summed E-state index contributed by atoms with van der Waals surface area (Å²) in [6.45, 7) is 0. The minimum absolute atomic E-state index is 0.355. The number of benzene rings is 2. The standard InChI is InChI=1S/C18H14O10S/c1-27-17(23)11-5-3-9(7-13(11)15(19)20)29(25,26)10-4-6-12(18(24)28-2)14(8-10)16(21)22/h3-8H,1-2H3,(H,19,20)(H,21,22). The first kappa shape index (κ1) is 21.6. The van der Waals surface area contributed by atoms with Crippen molar-refractivity contribution in [1.82, 2.24) is 0 Å². The third-order valence-corrected chi connectivity index (χ3v) is 5.62. The largest absolute Gasteiger partial charge is 0.478 e. The van der Waals surface area contributed by atoms with E-state index in [4.69, 9.17) is 0 Å². The Kier molecular flexibility index (Phi) is 6.03. The van der Waals surface area contributed by atoms with Crippen molar-refractivity contribution in [1.29, 1.82) is 0 Å². The summed E-state index contributed by atoms with van der Waals surface area (Å²) in [5, 5.41) is 18.6. The van der Waals surface area contributed by atoms with Crippen LogP contribution in [0.5, 0.6) is 0 Å². The van der Waals surface area contributed by atoms with Crippen LogP contribution in [0.3, 0.4) is 0 Å². The summed E-state index contributed by atoms with van der Waals surface area (Å²) in [5.41, 5.74) is -1.93. The molecule has 0 fully saturated rings. The molecule has 0 bridgehead atoms. The van der Waals surface area contributed by atoms with Gasteiger partial charge < -0.3 is 19.7 Å². The van der Waals surface area contributed by atoms with E-state index in [9.17, 15) is 37.8 Å². The Labute approximate surface area is 164 Å². The lowest BCUT2D eigenvalue weighted by Gasteiger charge is -2.10. The number of ether oxygens (including phenoxy) is 2. The maximum Gasteiger partial charge on any atom is 0.338 e. The highest BCUT2D eigenvalue weighted by molar-refractivity contribution is 7.91. The number of methoxy groups -OCH3 is 2. The zero-order chi connectivity index (χ0) is 21.9. The van der Waals surface area contributed by atoms with Crippen molar-refractivity contribution in [2.24, 2.45) is 0 Å². The predicted octanol–water partition coefficient (Wildman–Crippen LogP) is 1.49. The highest BCUT2D eigenvalue weighted by Gasteiger charge is 2.26. The summed E-state index contributed by atoms with van der Waals surface area (Å²) in [4.78, 5) is 45.2. The molecule has 0 saturated carbocycles. The second-order valence-corrected chi connectivity index (χ2v) is 7.46. The van der Waals surface area contributed by atoms with E-state index < -0.39 is 54.6 Å². The highest BCUT2D eigenvalue weighted by atomic mass is 32.2. The van der Waals surface area contributed by atoms with Crippen LogP contribution in [0.25, 0.3) is 0 Å². The van der Waals surface area contributed by atoms with Crippen LogP contribution < -0.4 is 0 Å². The molecule has 0 aliphatic rings. The van der Waals surface area contributed by atoms with Gasteiger partial charge in [0.05, 0.1) is 46.3 Å². The Morgan fingerprint density at radius 3 is 1.31 bits per heavy atom. The summed E-state index contributed by atoms with van der Waals surface area (Å²) >= 11 is 0. The van der Waals surface area contributed by atoms with Gasteiger partial charge in [-0.3, -0.25) is 0 Å². The van der Waals surface area contributed by atoms with E-state index in [1.165, 1.54) is 0 Å². The van der Waals surface area contributed by atoms with E-state index in [1.54, 1.807) is 0 Å². The Morgan fingerprint density at radius 1 is 0.690 bits per heavy atom. The Morgan fingerprint density at radius 2 is 1.03 bits per heavy atom. The quantitative estimate of drug-likeness (QED) is 0.652. The maximum atomic E-state index is 12.9. The third-order valence-electron chi connectivity index (χ3n) is 3.87. The van der Waals surface area contributed by atoms with Gasteiger partial charge in [-0.05, 0) is 36.4 Å². The average molecular weight is 422 g/mol. The van der Waals surface area contributed by atoms with Crippen molar-refractivity contribution < 1.29 is 47.3 Å². The number of carboxylic acid groups (broad SMARTS) is 2. The van der Waals surface area contributed by atoms with E-state index in [0.717, 1.165) is 50.6 Å². The van der Waals surface area contributed by atoms with Crippen LogP contribution >= 0.6 is 0 Å². The van der Waals surface area contributed by atoms with E-state index in [-0.39, 0.29) is 11.1 Å². The minimum atomic E-state index is -4.38. The maximum absolute atomic E-state index is 12.9. The fourth-order valence-corrected chi connectivity index (χ4v) is 3.76. The van der Waals surface area contributed by atoms with Gasteiger partial charge in [-0.15, -0.1) is 0 Å². The first-order valence-electron chi connectivity index (χ1n) is 7.71. The van der Waals surface area contributed by atoms with E-state index >= 15 is 0 Å². The van der Waals surface area contributed by atoms with Crippen LogP contribution in [0.4, 0.5) is 0 Å². The zero-order valence-corrected chi connectivity index (χ0v) is 15.8. The van der Waals surface area contributed by atoms with Crippen LogP contribution in [-0.4, -0.2) is 56.7 Å². The lowest BCUT2D eigenvalue weighted by atomic mass is 10.1. The molecule has 2 aromatic rings. The number of carbonyl (C=O) groups is 4. The molecule has 2 N–H and O–H groups in total. The van der Waals surface area contributed by atoms with Gasteiger partial charge in [-0.25, -0.2) is 27.6 Å². The van der Waals surface area contributed by atoms with Crippen molar-refractivity contribution in [3.05, 3.63) is 58.7 Å². The number of rotatable bonds is 6. The topological polar surface area (TPSA) is 161 Å². The summed E-state index contributed by atoms with van der Waals surface area (Å²) in [6.07, 6.45) is 0. The van der Waals surface area contributed by atoms with Gasteiger partial charge in [0.25, 0.3) is 0 Å². The number of sulfone groups is 1. The number of carbonyl (C=O) groups excluding carboxylic acids is 2. The molecule has 11 heteroatoms. The molecule has 152 valence electrons. The van der Waals surface area contributed by atoms with E-state index in [2.05, 4.69) is 9.47 Å². The predicted molar refractivity (Wildman–Crippen MR) is 94.9 cm³/mol. The molecule has 0 amide bonds. The van der Waals surface area contributed by atoms with Crippen molar-refractivity contribution in [2.45, 2.75) is 9.79 Å². The van der Waals surface area contributed by atoms with Crippen molar-refractivity contribution in [3.63, 3.8) is 0 Å². The van der Waals surface area contributed by atoms with Crippen molar-refractivity contribution >= 4 is 33.7 Å². The van der Waals surface area contributed by atoms with Crippen molar-refractivity contribution in [2.75, 3.05) is 14.2 Å². The van der Waals surface area contributed by atoms with Crippen LogP contribution in [0.2, 0.25) is 0 Å². The molecule has 0 radical (unpaired) electrons. The Bertz CT molecular complexity index is 1050. The van der Waals surface area contributed by atoms with Crippen molar-refractivity contribution in [3.8, 4) is 0 Å². The number of hydrogen-bond acceptors (Lipinski definition) is 8. The van der Waals surface area contributed by atoms with Gasteiger partial charge in [0.1, 0.15) is 0 Å². The summed E-state index contributed by atoms with van der Waals surface area (Å²) < 4.78 is 34.7. The molecule has 10 nitrogen and oxygen atoms in total. The van der Waals surface area contributed by atoms with Crippen LogP contribution in [0.1, 0.15) is 41.4 Å². The summed E-state index contributed by atoms with van der Waals surface area (Å²) in [5.74, 6) is -5.06. The molecule has 0 saturated heterocycles. The number of esters is 2. The second-order valence-electron chi connectivity index (χ2n) is 5.51. The van der Waals surface area contributed by atoms with Gasteiger partial charge in [-0.1, -0.05) is 0 Å². The molecule has 0 heterocycles. The molecule has 0 aliphatic heterocycles.